The minimum atomic E-state index is -0.517. The number of amides is 1. The van der Waals surface area contributed by atoms with Crippen LogP contribution < -0.4 is 25.4 Å². The zero-order chi connectivity index (χ0) is 27.7. The maximum atomic E-state index is 12.4. The van der Waals surface area contributed by atoms with Gasteiger partial charge < -0.3 is 30.3 Å². The summed E-state index contributed by atoms with van der Waals surface area (Å²) in [6.07, 6.45) is 1.71. The molecule has 4 aromatic rings. The Bertz CT molecular complexity index is 1510. The van der Waals surface area contributed by atoms with Crippen molar-refractivity contribution in [2.24, 2.45) is 5.73 Å². The first-order chi connectivity index (χ1) is 18.7. The Morgan fingerprint density at radius 3 is 2.56 bits per heavy atom. The van der Waals surface area contributed by atoms with Gasteiger partial charge in [0.05, 0.1) is 35.3 Å². The number of hydrogen-bond donors (Lipinski definition) is 2. The second kappa shape index (κ2) is 11.1. The molecule has 0 spiro atoms. The Hall–Kier alpha value is -3.89. The van der Waals surface area contributed by atoms with E-state index in [-0.39, 0.29) is 6.10 Å². The van der Waals surface area contributed by atoms with Crippen LogP contribution >= 0.6 is 11.3 Å². The number of benzene rings is 2. The highest BCUT2D eigenvalue weighted by molar-refractivity contribution is 7.21. The average Bonchev–Trinajstić information content (AvgIpc) is 3.29. The summed E-state index contributed by atoms with van der Waals surface area (Å²) in [5, 5.41) is 3.38. The minimum Gasteiger partial charge on any atom is -0.496 e. The molecule has 1 saturated heterocycles. The van der Waals surface area contributed by atoms with Crippen molar-refractivity contribution < 1.29 is 14.3 Å². The molecule has 39 heavy (non-hydrogen) atoms. The fraction of sp³-hybridized carbons (Fsp3) is 0.345. The molecule has 3 N–H and O–H groups in total. The number of anilines is 3. The number of rotatable bonds is 8. The van der Waals surface area contributed by atoms with Gasteiger partial charge in [0.2, 0.25) is 5.95 Å². The molecule has 10 heteroatoms. The Balaban J connectivity index is 1.57. The van der Waals surface area contributed by atoms with E-state index < -0.39 is 5.91 Å². The highest BCUT2D eigenvalue weighted by Gasteiger charge is 2.23. The van der Waals surface area contributed by atoms with Gasteiger partial charge in [0.15, 0.2) is 0 Å². The number of thiophene rings is 1. The van der Waals surface area contributed by atoms with Gasteiger partial charge in [0.1, 0.15) is 16.4 Å². The van der Waals surface area contributed by atoms with E-state index in [1.165, 1.54) is 17.0 Å². The number of hydrogen-bond acceptors (Lipinski definition) is 9. The number of methoxy groups -OCH3 is 1. The van der Waals surface area contributed by atoms with Gasteiger partial charge in [0, 0.05) is 49.1 Å². The topological polar surface area (TPSA) is 106 Å². The number of aryl methyl sites for hydroxylation is 1. The summed E-state index contributed by atoms with van der Waals surface area (Å²) in [5.74, 6) is 1.25. The van der Waals surface area contributed by atoms with Crippen LogP contribution in [0.5, 0.6) is 11.5 Å². The predicted molar refractivity (Wildman–Crippen MR) is 158 cm³/mol. The van der Waals surface area contributed by atoms with Crippen molar-refractivity contribution in [1.82, 2.24) is 14.9 Å². The van der Waals surface area contributed by atoms with Crippen molar-refractivity contribution in [3.05, 3.63) is 53.0 Å². The minimum absolute atomic E-state index is 0.0101. The largest absolute Gasteiger partial charge is 0.496 e. The Labute approximate surface area is 232 Å². The van der Waals surface area contributed by atoms with Gasteiger partial charge in [0.25, 0.3) is 5.91 Å². The number of primary amides is 1. The van der Waals surface area contributed by atoms with Crippen molar-refractivity contribution in [1.29, 1.82) is 0 Å². The summed E-state index contributed by atoms with van der Waals surface area (Å²) >= 11 is 1.28. The summed E-state index contributed by atoms with van der Waals surface area (Å²) in [4.78, 5) is 27.0. The lowest BCUT2D eigenvalue weighted by Gasteiger charge is -2.35. The Morgan fingerprint density at radius 1 is 1.13 bits per heavy atom. The molecule has 2 aromatic carbocycles. The van der Waals surface area contributed by atoms with Crippen molar-refractivity contribution in [2.45, 2.75) is 26.9 Å². The summed E-state index contributed by atoms with van der Waals surface area (Å²) in [7, 11) is 3.75. The van der Waals surface area contributed by atoms with Crippen LogP contribution in [0.15, 0.2) is 42.6 Å². The van der Waals surface area contributed by atoms with E-state index in [2.05, 4.69) is 46.2 Å². The van der Waals surface area contributed by atoms with E-state index in [0.29, 0.717) is 27.7 Å². The zero-order valence-electron chi connectivity index (χ0n) is 22.9. The van der Waals surface area contributed by atoms with E-state index in [1.54, 1.807) is 13.3 Å². The van der Waals surface area contributed by atoms with Crippen LogP contribution in [-0.2, 0) is 0 Å². The van der Waals surface area contributed by atoms with Gasteiger partial charge in [-0.25, -0.2) is 9.97 Å². The molecule has 0 radical (unpaired) electrons. The second-order valence-corrected chi connectivity index (χ2v) is 11.0. The summed E-state index contributed by atoms with van der Waals surface area (Å²) in [5.41, 5.74) is 10.9. The van der Waals surface area contributed by atoms with Crippen LogP contribution in [0.25, 0.3) is 21.3 Å². The SMILES string of the molecule is COc1ccccc1-c1c(C(N)=O)sc2cnc(Nc3cc(C)c(N4CCN(C)CC4)cc3OC(C)C)nc12. The Morgan fingerprint density at radius 2 is 1.87 bits per heavy atom. The standard InChI is InChI=1S/C29H34N6O3S/c1-17(2)38-23-15-21(35-12-10-34(4)11-13-35)18(3)14-20(23)32-29-31-16-24-26(33-29)25(27(39-24)28(30)36)19-8-6-7-9-22(19)37-5/h6-9,14-17H,10-13H2,1-5H3,(H2,30,36)(H,31,32,33). The molecule has 1 amide bonds. The monoisotopic (exact) mass is 546 g/mol. The quantitative estimate of drug-likeness (QED) is 0.316. The molecule has 5 rings (SSSR count). The fourth-order valence-corrected chi connectivity index (χ4v) is 5.84. The fourth-order valence-electron chi connectivity index (χ4n) is 4.86. The van der Waals surface area contributed by atoms with Crippen LogP contribution in [-0.4, -0.2) is 67.2 Å². The van der Waals surface area contributed by atoms with Crippen LogP contribution in [0, 0.1) is 6.92 Å². The molecule has 0 bridgehead atoms. The number of nitrogens with two attached hydrogens (primary N) is 1. The molecule has 1 aliphatic heterocycles. The highest BCUT2D eigenvalue weighted by atomic mass is 32.1. The lowest BCUT2D eigenvalue weighted by Crippen LogP contribution is -2.44. The van der Waals surface area contributed by atoms with Crippen molar-refractivity contribution in [2.75, 3.05) is 50.6 Å². The maximum Gasteiger partial charge on any atom is 0.259 e. The van der Waals surface area contributed by atoms with Gasteiger partial charge in [-0.1, -0.05) is 18.2 Å². The number of carbonyl (C=O) groups is 1. The molecule has 0 aliphatic carbocycles. The number of nitrogens with one attached hydrogen (secondary N) is 1. The molecule has 3 heterocycles. The van der Waals surface area contributed by atoms with Gasteiger partial charge in [-0.15, -0.1) is 11.3 Å². The molecular weight excluding hydrogens is 512 g/mol. The average molecular weight is 547 g/mol. The van der Waals surface area contributed by atoms with E-state index in [9.17, 15) is 4.79 Å². The number of piperazine rings is 1. The molecule has 1 aliphatic rings. The lowest BCUT2D eigenvalue weighted by atomic mass is 10.0. The molecule has 0 atom stereocenters. The summed E-state index contributed by atoms with van der Waals surface area (Å²) < 4.78 is 12.6. The molecular formula is C29H34N6O3S. The number of ether oxygens (including phenoxy) is 2. The maximum absolute atomic E-state index is 12.4. The first-order valence-corrected chi connectivity index (χ1v) is 13.8. The van der Waals surface area contributed by atoms with E-state index >= 15 is 0 Å². The number of aromatic nitrogens is 2. The van der Waals surface area contributed by atoms with Crippen LogP contribution in [0.3, 0.4) is 0 Å². The third kappa shape index (κ3) is 5.48. The molecule has 204 valence electrons. The lowest BCUT2D eigenvalue weighted by molar-refractivity contribution is 0.100. The van der Waals surface area contributed by atoms with Gasteiger partial charge in [-0.3, -0.25) is 4.79 Å². The normalized spacial score (nSPS) is 14.2. The third-order valence-electron chi connectivity index (χ3n) is 6.78. The molecule has 1 fully saturated rings. The van der Waals surface area contributed by atoms with E-state index in [0.717, 1.165) is 53.4 Å². The first kappa shape index (κ1) is 26.7. The van der Waals surface area contributed by atoms with Crippen molar-refractivity contribution >= 4 is 44.8 Å². The predicted octanol–water partition coefficient (Wildman–Crippen LogP) is 5.06. The van der Waals surface area contributed by atoms with Gasteiger partial charge in [-0.2, -0.15) is 0 Å². The Kier molecular flexibility index (Phi) is 7.58. The molecule has 2 aromatic heterocycles. The number of para-hydroxylation sites is 1. The molecule has 9 nitrogen and oxygen atoms in total. The highest BCUT2D eigenvalue weighted by Crippen LogP contribution is 2.42. The first-order valence-electron chi connectivity index (χ1n) is 13.0. The summed E-state index contributed by atoms with van der Waals surface area (Å²) in [6, 6.07) is 11.7. The van der Waals surface area contributed by atoms with Crippen LogP contribution in [0.2, 0.25) is 0 Å². The summed E-state index contributed by atoms with van der Waals surface area (Å²) in [6.45, 7) is 10.1. The number of likely N-dealkylation sites (N-methyl/N-ethyl adjacent to an activating group) is 1. The van der Waals surface area contributed by atoms with Gasteiger partial charge >= 0.3 is 0 Å². The number of fused-ring (bicyclic) bond motifs is 1. The zero-order valence-corrected chi connectivity index (χ0v) is 23.8. The van der Waals surface area contributed by atoms with E-state index in [1.807, 2.05) is 38.1 Å². The second-order valence-electron chi connectivity index (χ2n) is 9.99. The third-order valence-corrected chi connectivity index (χ3v) is 7.91. The van der Waals surface area contributed by atoms with Crippen molar-refractivity contribution in [3.63, 3.8) is 0 Å². The van der Waals surface area contributed by atoms with E-state index in [4.69, 9.17) is 20.2 Å². The van der Waals surface area contributed by atoms with Crippen molar-refractivity contribution in [3.8, 4) is 22.6 Å². The smallest absolute Gasteiger partial charge is 0.259 e. The molecule has 0 unspecified atom stereocenters. The number of nitrogens with zero attached hydrogens (tertiary/aromatic N) is 4. The van der Waals surface area contributed by atoms with Crippen LogP contribution in [0.1, 0.15) is 29.1 Å². The van der Waals surface area contributed by atoms with Crippen LogP contribution in [0.4, 0.5) is 17.3 Å². The number of carbonyl (C=O) groups excluding carboxylic acids is 1. The molecule has 0 saturated carbocycles. The van der Waals surface area contributed by atoms with Gasteiger partial charge in [-0.05, 0) is 45.5 Å².